The van der Waals surface area contributed by atoms with E-state index < -0.39 is 0 Å². The van der Waals surface area contributed by atoms with Crippen molar-refractivity contribution in [1.82, 2.24) is 9.78 Å². The summed E-state index contributed by atoms with van der Waals surface area (Å²) in [6, 6.07) is 4.21. The minimum absolute atomic E-state index is 0.239. The molecule has 0 saturated carbocycles. The van der Waals surface area contributed by atoms with E-state index in [-0.39, 0.29) is 5.41 Å². The van der Waals surface area contributed by atoms with Crippen molar-refractivity contribution in [3.05, 3.63) is 15.3 Å². The van der Waals surface area contributed by atoms with Crippen molar-refractivity contribution >= 4 is 31.9 Å². The van der Waals surface area contributed by atoms with E-state index in [4.69, 9.17) is 5.26 Å². The van der Waals surface area contributed by atoms with E-state index in [0.29, 0.717) is 0 Å². The molecule has 0 aliphatic rings. The number of nitrogens with zero attached hydrogens (tertiary/aromatic N) is 3. The maximum absolute atomic E-state index is 8.86. The first-order valence-electron chi connectivity index (χ1n) is 4.75. The molecule has 0 aliphatic heterocycles. The lowest BCUT2D eigenvalue weighted by Crippen LogP contribution is -2.10. The normalized spacial score (nSPS) is 11.4. The quantitative estimate of drug-likeness (QED) is 0.841. The fourth-order valence-electron chi connectivity index (χ4n) is 1.25. The first-order chi connectivity index (χ1) is 6.94. The number of hydrogen-bond donors (Lipinski definition) is 0. The molecule has 5 heteroatoms. The van der Waals surface area contributed by atoms with E-state index in [1.165, 1.54) is 0 Å². The number of aromatic nitrogens is 2. The third kappa shape index (κ3) is 3.96. The van der Waals surface area contributed by atoms with Crippen LogP contribution in [0.5, 0.6) is 0 Å². The molecule has 1 rings (SSSR count). The summed E-state index contributed by atoms with van der Waals surface area (Å²) in [5.41, 5.74) is -0.239. The summed E-state index contributed by atoms with van der Waals surface area (Å²) in [5.74, 6) is 0. The summed E-state index contributed by atoms with van der Waals surface area (Å²) < 4.78 is 3.68. The number of hydrogen-bond acceptors (Lipinski definition) is 2. The Balaban J connectivity index is 2.46. The molecule has 1 aromatic rings. The van der Waals surface area contributed by atoms with E-state index >= 15 is 0 Å². The van der Waals surface area contributed by atoms with Gasteiger partial charge < -0.3 is 0 Å². The fourth-order valence-corrected chi connectivity index (χ4v) is 2.44. The topological polar surface area (TPSA) is 41.6 Å². The average molecular weight is 335 g/mol. The average Bonchev–Trinajstić information content (AvgIpc) is 2.45. The van der Waals surface area contributed by atoms with Gasteiger partial charge in [-0.2, -0.15) is 10.4 Å². The Bertz CT molecular complexity index is 377. The maximum atomic E-state index is 8.86. The maximum Gasteiger partial charge on any atom is 0.129 e. The second-order valence-electron chi connectivity index (χ2n) is 4.11. The first kappa shape index (κ1) is 12.7. The molecule has 0 saturated heterocycles. The molecule has 0 unspecified atom stereocenters. The lowest BCUT2D eigenvalue weighted by molar-refractivity contribution is 0.405. The summed E-state index contributed by atoms with van der Waals surface area (Å²) >= 11 is 6.73. The molecular weight excluding hydrogens is 322 g/mol. The Hall–Kier alpha value is -0.340. The molecule has 82 valence electrons. The molecule has 0 radical (unpaired) electrons. The summed E-state index contributed by atoms with van der Waals surface area (Å²) in [6.45, 7) is 4.75. The number of halogens is 2. The van der Waals surface area contributed by atoms with Crippen LogP contribution in [0.25, 0.3) is 0 Å². The standard InChI is InChI=1S/C10H13Br2N3/c1-10(2,7-13)4-3-5-15-9(12)6-8(11)14-15/h6H,3-5H2,1-2H3. The van der Waals surface area contributed by atoms with Crippen molar-refractivity contribution in [2.24, 2.45) is 5.41 Å². The van der Waals surface area contributed by atoms with Gasteiger partial charge in [-0.3, -0.25) is 4.68 Å². The molecule has 0 N–H and O–H groups in total. The van der Waals surface area contributed by atoms with Gasteiger partial charge in [0.05, 0.1) is 11.5 Å². The third-order valence-electron chi connectivity index (χ3n) is 2.18. The van der Waals surface area contributed by atoms with Crippen LogP contribution in [0.4, 0.5) is 0 Å². The number of aryl methyl sites for hydroxylation is 1. The van der Waals surface area contributed by atoms with Gasteiger partial charge in [-0.25, -0.2) is 0 Å². The zero-order chi connectivity index (χ0) is 11.5. The highest BCUT2D eigenvalue weighted by atomic mass is 79.9. The van der Waals surface area contributed by atoms with E-state index in [1.54, 1.807) is 0 Å². The Kier molecular flexibility index (Phi) is 4.35. The van der Waals surface area contributed by atoms with Gasteiger partial charge in [-0.15, -0.1) is 0 Å². The number of rotatable bonds is 4. The van der Waals surface area contributed by atoms with Gasteiger partial charge in [-0.1, -0.05) is 0 Å². The molecule has 1 heterocycles. The van der Waals surface area contributed by atoms with E-state index in [9.17, 15) is 0 Å². The number of nitriles is 1. The molecule has 0 fully saturated rings. The van der Waals surface area contributed by atoms with Crippen molar-refractivity contribution in [2.75, 3.05) is 0 Å². The zero-order valence-corrected chi connectivity index (χ0v) is 12.0. The highest BCUT2D eigenvalue weighted by Crippen LogP contribution is 2.22. The molecule has 0 aromatic carbocycles. The molecule has 0 spiro atoms. The predicted octanol–water partition coefficient (Wildman–Crippen LogP) is 3.74. The minimum Gasteiger partial charge on any atom is -0.257 e. The highest BCUT2D eigenvalue weighted by molar-refractivity contribution is 9.11. The molecule has 15 heavy (non-hydrogen) atoms. The lowest BCUT2D eigenvalue weighted by atomic mass is 9.90. The lowest BCUT2D eigenvalue weighted by Gasteiger charge is -2.14. The molecule has 1 aromatic heterocycles. The fraction of sp³-hybridized carbons (Fsp3) is 0.600. The van der Waals surface area contributed by atoms with Crippen LogP contribution in [0, 0.1) is 16.7 Å². The highest BCUT2D eigenvalue weighted by Gasteiger charge is 2.16. The molecule has 0 bridgehead atoms. The monoisotopic (exact) mass is 333 g/mol. The van der Waals surface area contributed by atoms with Gasteiger partial charge >= 0.3 is 0 Å². The van der Waals surface area contributed by atoms with Crippen LogP contribution in [0.2, 0.25) is 0 Å². The summed E-state index contributed by atoms with van der Waals surface area (Å²) in [5, 5.41) is 13.1. The van der Waals surface area contributed by atoms with Crippen molar-refractivity contribution in [2.45, 2.75) is 33.2 Å². The van der Waals surface area contributed by atoms with Crippen LogP contribution in [0.15, 0.2) is 15.3 Å². The van der Waals surface area contributed by atoms with Gasteiger partial charge in [0.2, 0.25) is 0 Å². The molecule has 0 aliphatic carbocycles. The van der Waals surface area contributed by atoms with Gasteiger partial charge in [0.25, 0.3) is 0 Å². The second-order valence-corrected chi connectivity index (χ2v) is 5.74. The van der Waals surface area contributed by atoms with Crippen LogP contribution in [0.3, 0.4) is 0 Å². The van der Waals surface area contributed by atoms with Gasteiger partial charge in [0.15, 0.2) is 0 Å². The van der Waals surface area contributed by atoms with Gasteiger partial charge in [0, 0.05) is 12.6 Å². The Labute approximate surface area is 107 Å². The minimum atomic E-state index is -0.239. The van der Waals surface area contributed by atoms with E-state index in [0.717, 1.165) is 28.6 Å². The Morgan fingerprint density at radius 1 is 1.53 bits per heavy atom. The van der Waals surface area contributed by atoms with E-state index in [1.807, 2.05) is 24.6 Å². The van der Waals surface area contributed by atoms with Crippen LogP contribution >= 0.6 is 31.9 Å². The van der Waals surface area contributed by atoms with Gasteiger partial charge in [0.1, 0.15) is 9.21 Å². The van der Waals surface area contributed by atoms with Crippen LogP contribution in [0.1, 0.15) is 26.7 Å². The van der Waals surface area contributed by atoms with Crippen molar-refractivity contribution in [3.8, 4) is 6.07 Å². The Morgan fingerprint density at radius 2 is 2.20 bits per heavy atom. The van der Waals surface area contributed by atoms with Crippen LogP contribution < -0.4 is 0 Å². The Morgan fingerprint density at radius 3 is 2.67 bits per heavy atom. The van der Waals surface area contributed by atoms with Crippen molar-refractivity contribution < 1.29 is 0 Å². The van der Waals surface area contributed by atoms with Crippen molar-refractivity contribution in [1.29, 1.82) is 5.26 Å². The summed E-state index contributed by atoms with van der Waals surface area (Å²) in [6.07, 6.45) is 1.83. The molecule has 3 nitrogen and oxygen atoms in total. The molecule has 0 atom stereocenters. The summed E-state index contributed by atoms with van der Waals surface area (Å²) in [4.78, 5) is 0. The smallest absolute Gasteiger partial charge is 0.129 e. The zero-order valence-electron chi connectivity index (χ0n) is 8.80. The van der Waals surface area contributed by atoms with Crippen LogP contribution in [-0.2, 0) is 6.54 Å². The second kappa shape index (κ2) is 5.13. The van der Waals surface area contributed by atoms with Gasteiger partial charge in [-0.05, 0) is 58.5 Å². The summed E-state index contributed by atoms with van der Waals surface area (Å²) in [7, 11) is 0. The molecular formula is C10H13Br2N3. The SMILES string of the molecule is CC(C)(C#N)CCCn1nc(Br)cc1Br. The molecule has 0 amide bonds. The van der Waals surface area contributed by atoms with Crippen molar-refractivity contribution in [3.63, 3.8) is 0 Å². The van der Waals surface area contributed by atoms with Crippen LogP contribution in [-0.4, -0.2) is 9.78 Å². The third-order valence-corrected chi connectivity index (χ3v) is 3.20. The first-order valence-corrected chi connectivity index (χ1v) is 6.33. The largest absolute Gasteiger partial charge is 0.257 e. The van der Waals surface area contributed by atoms with E-state index in [2.05, 4.69) is 43.0 Å². The predicted molar refractivity (Wildman–Crippen MR) is 66.3 cm³/mol.